The number of ether oxygens (including phenoxy) is 1. The van der Waals surface area contributed by atoms with Crippen molar-refractivity contribution in [3.8, 4) is 17.2 Å². The van der Waals surface area contributed by atoms with Gasteiger partial charge in [0.2, 0.25) is 11.8 Å². The summed E-state index contributed by atoms with van der Waals surface area (Å²) in [7, 11) is 1.54. The third kappa shape index (κ3) is 4.44. The van der Waals surface area contributed by atoms with Crippen molar-refractivity contribution in [2.75, 3.05) is 7.11 Å². The van der Waals surface area contributed by atoms with Crippen molar-refractivity contribution in [1.29, 1.82) is 0 Å². The molecule has 7 heteroatoms. The molecule has 134 valence electrons. The van der Waals surface area contributed by atoms with Crippen molar-refractivity contribution < 1.29 is 18.3 Å². The monoisotopic (exact) mass is 355 g/mol. The minimum atomic E-state index is -0.374. The Balaban J connectivity index is 1.51. The number of hydrogen-bond acceptors (Lipinski definition) is 5. The second-order valence-corrected chi connectivity index (χ2v) is 5.58. The molecule has 3 rings (SSSR count). The van der Waals surface area contributed by atoms with Crippen molar-refractivity contribution in [3.63, 3.8) is 0 Å². The lowest BCUT2D eigenvalue weighted by atomic mass is 10.2. The number of rotatable bonds is 7. The van der Waals surface area contributed by atoms with Crippen LogP contribution in [0.1, 0.15) is 17.9 Å². The molecule has 0 saturated heterocycles. The number of carbonyl (C=O) groups excluding carboxylic acids is 1. The summed E-state index contributed by atoms with van der Waals surface area (Å²) in [6.07, 6.45) is 3.64. The number of nitrogens with zero attached hydrogens (tertiary/aromatic N) is 2. The van der Waals surface area contributed by atoms with Crippen LogP contribution >= 0.6 is 0 Å². The summed E-state index contributed by atoms with van der Waals surface area (Å²) < 4.78 is 24.3. The molecule has 1 amide bonds. The van der Waals surface area contributed by atoms with Crippen LogP contribution in [0.4, 0.5) is 4.39 Å². The van der Waals surface area contributed by atoms with Gasteiger partial charge in [-0.15, -0.1) is 0 Å². The van der Waals surface area contributed by atoms with E-state index in [4.69, 9.17) is 9.15 Å². The Morgan fingerprint density at radius 2 is 2.12 bits per heavy atom. The van der Waals surface area contributed by atoms with Crippen molar-refractivity contribution in [3.05, 3.63) is 66.1 Å². The van der Waals surface area contributed by atoms with Gasteiger partial charge in [-0.3, -0.25) is 4.79 Å². The highest BCUT2D eigenvalue weighted by Gasteiger charge is 2.11. The van der Waals surface area contributed by atoms with Gasteiger partial charge in [-0.1, -0.05) is 12.1 Å². The highest BCUT2D eigenvalue weighted by atomic mass is 19.1. The fourth-order valence-electron chi connectivity index (χ4n) is 2.39. The average molecular weight is 355 g/mol. The van der Waals surface area contributed by atoms with Crippen molar-refractivity contribution in [2.45, 2.75) is 19.4 Å². The molecule has 1 aromatic carbocycles. The van der Waals surface area contributed by atoms with E-state index < -0.39 is 0 Å². The van der Waals surface area contributed by atoms with Crippen LogP contribution in [0.2, 0.25) is 0 Å². The molecule has 0 bridgehead atoms. The maximum absolute atomic E-state index is 13.7. The first-order chi connectivity index (χ1) is 12.7. The fraction of sp³-hybridized carbons (Fsp3) is 0.211. The first-order valence-corrected chi connectivity index (χ1v) is 8.11. The molecular weight excluding hydrogens is 337 g/mol. The number of aryl methyl sites for hydroxylation is 1. The Morgan fingerprint density at radius 3 is 2.92 bits per heavy atom. The first-order valence-electron chi connectivity index (χ1n) is 8.11. The molecule has 1 N–H and O–H groups in total. The minimum absolute atomic E-state index is 0.133. The van der Waals surface area contributed by atoms with Crippen LogP contribution in [0.15, 0.2) is 53.2 Å². The quantitative estimate of drug-likeness (QED) is 0.704. The Bertz CT molecular complexity index is 895. The van der Waals surface area contributed by atoms with E-state index in [1.165, 1.54) is 19.4 Å². The molecule has 0 aliphatic heterocycles. The molecule has 0 fully saturated rings. The second kappa shape index (κ2) is 8.24. The normalized spacial score (nSPS) is 10.5. The summed E-state index contributed by atoms with van der Waals surface area (Å²) in [5.74, 6) is 0.732. The number of benzene rings is 1. The van der Waals surface area contributed by atoms with Gasteiger partial charge in [-0.05, 0) is 23.8 Å². The van der Waals surface area contributed by atoms with Crippen LogP contribution in [-0.4, -0.2) is 23.0 Å². The zero-order valence-electron chi connectivity index (χ0n) is 14.2. The molecule has 26 heavy (non-hydrogen) atoms. The molecule has 6 nitrogen and oxygen atoms in total. The van der Waals surface area contributed by atoms with E-state index in [1.54, 1.807) is 36.5 Å². The molecule has 0 unspecified atom stereocenters. The van der Waals surface area contributed by atoms with E-state index in [9.17, 15) is 9.18 Å². The van der Waals surface area contributed by atoms with Crippen LogP contribution in [0, 0.1) is 5.82 Å². The summed E-state index contributed by atoms with van der Waals surface area (Å²) >= 11 is 0. The maximum atomic E-state index is 13.7. The molecule has 3 aromatic rings. The van der Waals surface area contributed by atoms with Gasteiger partial charge in [-0.25, -0.2) is 14.4 Å². The van der Waals surface area contributed by atoms with Gasteiger partial charge in [0.1, 0.15) is 5.82 Å². The Hall–Kier alpha value is -3.22. The molecule has 0 spiro atoms. The number of pyridine rings is 1. The molecule has 0 aliphatic carbocycles. The van der Waals surface area contributed by atoms with Gasteiger partial charge in [0.25, 0.3) is 0 Å². The zero-order chi connectivity index (χ0) is 18.4. The van der Waals surface area contributed by atoms with Crippen molar-refractivity contribution in [2.24, 2.45) is 0 Å². The standard InChI is InChI=1S/C19H18FN3O3/c1-25-19-10-13(8-9-21-19)11-22-17(24)6-7-18-23-12-16(26-18)14-4-2-3-5-15(14)20/h2-5,8-10,12H,6-7,11H2,1H3,(H,22,24). The summed E-state index contributed by atoms with van der Waals surface area (Å²) in [4.78, 5) is 20.1. The van der Waals surface area contributed by atoms with Crippen LogP contribution in [0.3, 0.4) is 0 Å². The third-order valence-electron chi connectivity index (χ3n) is 3.76. The van der Waals surface area contributed by atoms with Gasteiger partial charge < -0.3 is 14.5 Å². The van der Waals surface area contributed by atoms with E-state index >= 15 is 0 Å². The van der Waals surface area contributed by atoms with Gasteiger partial charge in [-0.2, -0.15) is 0 Å². The van der Waals surface area contributed by atoms with Crippen molar-refractivity contribution >= 4 is 5.91 Å². The Kier molecular flexibility index (Phi) is 5.58. The lowest BCUT2D eigenvalue weighted by molar-refractivity contribution is -0.121. The number of amides is 1. The molecule has 0 radical (unpaired) electrons. The highest BCUT2D eigenvalue weighted by Crippen LogP contribution is 2.23. The van der Waals surface area contributed by atoms with Crippen LogP contribution in [-0.2, 0) is 17.8 Å². The van der Waals surface area contributed by atoms with E-state index in [0.29, 0.717) is 36.1 Å². The number of carbonyl (C=O) groups is 1. The van der Waals surface area contributed by atoms with E-state index in [1.807, 2.05) is 0 Å². The summed E-state index contributed by atoms with van der Waals surface area (Å²) in [6, 6.07) is 9.88. The lowest BCUT2D eigenvalue weighted by Gasteiger charge is -2.05. The van der Waals surface area contributed by atoms with Crippen LogP contribution < -0.4 is 10.1 Å². The number of nitrogens with one attached hydrogen (secondary N) is 1. The summed E-state index contributed by atoms with van der Waals surface area (Å²) in [5, 5.41) is 2.82. The highest BCUT2D eigenvalue weighted by molar-refractivity contribution is 5.76. The number of hydrogen-bond donors (Lipinski definition) is 1. The SMILES string of the molecule is COc1cc(CNC(=O)CCc2ncc(-c3ccccc3F)o2)ccn1. The Labute approximate surface area is 150 Å². The molecule has 0 saturated carbocycles. The molecule has 0 aliphatic rings. The average Bonchev–Trinajstić information content (AvgIpc) is 3.14. The second-order valence-electron chi connectivity index (χ2n) is 5.58. The van der Waals surface area contributed by atoms with Crippen LogP contribution in [0.5, 0.6) is 5.88 Å². The lowest BCUT2D eigenvalue weighted by Crippen LogP contribution is -2.23. The third-order valence-corrected chi connectivity index (χ3v) is 3.76. The smallest absolute Gasteiger partial charge is 0.220 e. The predicted molar refractivity (Wildman–Crippen MR) is 92.9 cm³/mol. The molecule has 2 heterocycles. The topological polar surface area (TPSA) is 77.2 Å². The predicted octanol–water partition coefficient (Wildman–Crippen LogP) is 3.13. The van der Waals surface area contributed by atoms with Gasteiger partial charge >= 0.3 is 0 Å². The molecular formula is C19H18FN3O3. The van der Waals surface area contributed by atoms with Gasteiger partial charge in [0.05, 0.1) is 18.9 Å². The number of methoxy groups -OCH3 is 1. The summed E-state index contributed by atoms with van der Waals surface area (Å²) in [6.45, 7) is 0.379. The zero-order valence-corrected chi connectivity index (χ0v) is 14.2. The largest absolute Gasteiger partial charge is 0.481 e. The fourth-order valence-corrected chi connectivity index (χ4v) is 2.39. The molecule has 0 atom stereocenters. The van der Waals surface area contributed by atoms with E-state index in [-0.39, 0.29) is 18.1 Å². The maximum Gasteiger partial charge on any atom is 0.220 e. The van der Waals surface area contributed by atoms with E-state index in [2.05, 4.69) is 15.3 Å². The summed E-state index contributed by atoms with van der Waals surface area (Å²) in [5.41, 5.74) is 1.24. The number of halogens is 1. The van der Waals surface area contributed by atoms with Gasteiger partial charge in [0, 0.05) is 31.6 Å². The van der Waals surface area contributed by atoms with Crippen molar-refractivity contribution in [1.82, 2.24) is 15.3 Å². The van der Waals surface area contributed by atoms with Crippen LogP contribution in [0.25, 0.3) is 11.3 Å². The number of oxazole rings is 1. The Morgan fingerprint density at radius 1 is 1.27 bits per heavy atom. The van der Waals surface area contributed by atoms with Gasteiger partial charge in [0.15, 0.2) is 11.7 Å². The number of aromatic nitrogens is 2. The first kappa shape index (κ1) is 17.6. The van der Waals surface area contributed by atoms with E-state index in [0.717, 1.165) is 5.56 Å². The molecule has 2 aromatic heterocycles. The minimum Gasteiger partial charge on any atom is -0.481 e.